The Morgan fingerprint density at radius 1 is 1.29 bits per heavy atom. The van der Waals surface area contributed by atoms with Crippen molar-refractivity contribution in [2.45, 2.75) is 78.3 Å². The van der Waals surface area contributed by atoms with Gasteiger partial charge in [0.1, 0.15) is 6.10 Å². The van der Waals surface area contributed by atoms with Crippen molar-refractivity contribution >= 4 is 11.9 Å². The summed E-state index contributed by atoms with van der Waals surface area (Å²) in [6, 6.07) is 0. The van der Waals surface area contributed by atoms with Crippen LogP contribution in [-0.2, 0) is 19.1 Å². The zero-order chi connectivity index (χ0) is 20.6. The molecule has 0 unspecified atom stereocenters. The number of aliphatic hydroxyl groups excluding tert-OH is 1. The quantitative estimate of drug-likeness (QED) is 0.666. The van der Waals surface area contributed by atoms with Gasteiger partial charge in [-0.1, -0.05) is 34.1 Å². The van der Waals surface area contributed by atoms with E-state index in [1.807, 2.05) is 6.92 Å². The molecular formula is C22H32O6. The van der Waals surface area contributed by atoms with Gasteiger partial charge >= 0.3 is 11.9 Å². The molecule has 3 saturated carbocycles. The van der Waals surface area contributed by atoms with Crippen molar-refractivity contribution in [2.75, 3.05) is 0 Å². The third-order valence-corrected chi connectivity index (χ3v) is 8.32. The number of carbonyl (C=O) groups is 2. The fourth-order valence-corrected chi connectivity index (χ4v) is 7.45. The van der Waals surface area contributed by atoms with E-state index in [2.05, 4.69) is 20.8 Å². The third-order valence-electron chi connectivity index (χ3n) is 8.32. The van der Waals surface area contributed by atoms with Crippen molar-refractivity contribution in [1.29, 1.82) is 0 Å². The Labute approximate surface area is 166 Å². The molecule has 28 heavy (non-hydrogen) atoms. The van der Waals surface area contributed by atoms with Gasteiger partial charge in [0.15, 0.2) is 0 Å². The standard InChI is InChI=1S/C22H32O6/c1-11-13-9-15(24)28-22(13,26)10-14-16(11)17(25)18(27-12(2)23)19-20(3,4)7-6-8-21(14,19)5/h9,11,14,16-19,25-26H,6-8,10H2,1-5H3/t11-,14-,16-,17-,18-,19+,21+,22-/m1/s1. The summed E-state index contributed by atoms with van der Waals surface area (Å²) >= 11 is 0. The molecule has 156 valence electrons. The molecule has 8 atom stereocenters. The minimum atomic E-state index is -1.58. The lowest BCUT2D eigenvalue weighted by molar-refractivity contribution is -0.265. The molecule has 0 radical (unpaired) electrons. The first-order valence-corrected chi connectivity index (χ1v) is 10.4. The summed E-state index contributed by atoms with van der Waals surface area (Å²) in [7, 11) is 0. The SMILES string of the molecule is CC(=O)O[C@@H]1[C@H](O)[C@@H]2[C@H](C)C3=CC(=O)O[C@]3(O)C[C@H]2[C@]2(C)CCCC(C)(C)[C@H]12. The molecule has 0 spiro atoms. The maximum Gasteiger partial charge on any atom is 0.333 e. The normalized spacial score (nSPS) is 49.2. The summed E-state index contributed by atoms with van der Waals surface area (Å²) in [5.74, 6) is -3.02. The molecule has 6 heteroatoms. The Kier molecular flexibility index (Phi) is 4.30. The van der Waals surface area contributed by atoms with Crippen molar-refractivity contribution in [3.05, 3.63) is 11.6 Å². The van der Waals surface area contributed by atoms with Gasteiger partial charge in [0.2, 0.25) is 5.79 Å². The van der Waals surface area contributed by atoms with Gasteiger partial charge in [-0.15, -0.1) is 0 Å². The number of hydrogen-bond acceptors (Lipinski definition) is 6. The minimum Gasteiger partial charge on any atom is -0.459 e. The van der Waals surface area contributed by atoms with E-state index in [0.29, 0.717) is 5.57 Å². The Morgan fingerprint density at radius 3 is 2.61 bits per heavy atom. The fourth-order valence-electron chi connectivity index (χ4n) is 7.45. The molecule has 0 aromatic rings. The van der Waals surface area contributed by atoms with Crippen LogP contribution in [0.25, 0.3) is 0 Å². The fraction of sp³-hybridized carbons (Fsp3) is 0.818. The lowest BCUT2D eigenvalue weighted by Gasteiger charge is -2.65. The van der Waals surface area contributed by atoms with Crippen molar-refractivity contribution in [3.8, 4) is 0 Å². The van der Waals surface area contributed by atoms with Crippen molar-refractivity contribution in [3.63, 3.8) is 0 Å². The molecule has 3 aliphatic carbocycles. The predicted octanol–water partition coefficient (Wildman–Crippen LogP) is 2.57. The second kappa shape index (κ2) is 6.05. The van der Waals surface area contributed by atoms with Crippen LogP contribution in [0.15, 0.2) is 11.6 Å². The topological polar surface area (TPSA) is 93.1 Å². The van der Waals surface area contributed by atoms with Gasteiger partial charge in [-0.2, -0.15) is 0 Å². The van der Waals surface area contributed by atoms with Gasteiger partial charge in [-0.3, -0.25) is 4.79 Å². The van der Waals surface area contributed by atoms with Gasteiger partial charge in [0, 0.05) is 30.9 Å². The Bertz CT molecular complexity index is 741. The van der Waals surface area contributed by atoms with Crippen molar-refractivity contribution < 1.29 is 29.3 Å². The molecule has 0 saturated heterocycles. The predicted molar refractivity (Wildman–Crippen MR) is 101 cm³/mol. The van der Waals surface area contributed by atoms with E-state index in [1.165, 1.54) is 13.0 Å². The average Bonchev–Trinajstić information content (AvgIpc) is 2.85. The highest BCUT2D eigenvalue weighted by Crippen LogP contribution is 2.67. The van der Waals surface area contributed by atoms with Crippen molar-refractivity contribution in [1.82, 2.24) is 0 Å². The summed E-state index contributed by atoms with van der Waals surface area (Å²) in [6.07, 6.45) is 3.19. The molecule has 0 bridgehead atoms. The van der Waals surface area contributed by atoms with Crippen LogP contribution in [0.4, 0.5) is 0 Å². The first-order chi connectivity index (χ1) is 12.9. The smallest absolute Gasteiger partial charge is 0.333 e. The molecule has 6 nitrogen and oxygen atoms in total. The summed E-state index contributed by atoms with van der Waals surface area (Å²) in [5.41, 5.74) is 0.181. The molecule has 4 aliphatic rings. The number of hydrogen-bond donors (Lipinski definition) is 2. The number of rotatable bonds is 1. The van der Waals surface area contributed by atoms with Gasteiger partial charge < -0.3 is 19.7 Å². The van der Waals surface area contributed by atoms with E-state index in [-0.39, 0.29) is 46.9 Å². The Morgan fingerprint density at radius 2 is 1.96 bits per heavy atom. The molecule has 3 fully saturated rings. The molecule has 1 heterocycles. The lowest BCUT2D eigenvalue weighted by Crippen LogP contribution is -2.67. The van der Waals surface area contributed by atoms with E-state index in [4.69, 9.17) is 9.47 Å². The molecule has 0 amide bonds. The molecular weight excluding hydrogens is 360 g/mol. The summed E-state index contributed by atoms with van der Waals surface area (Å²) < 4.78 is 11.1. The zero-order valence-electron chi connectivity index (χ0n) is 17.4. The molecule has 0 aromatic carbocycles. The van der Waals surface area contributed by atoms with E-state index < -0.39 is 24.0 Å². The number of esters is 2. The highest BCUT2D eigenvalue weighted by molar-refractivity contribution is 5.86. The van der Waals surface area contributed by atoms with Crippen LogP contribution < -0.4 is 0 Å². The second-order valence-electron chi connectivity index (χ2n) is 10.4. The van der Waals surface area contributed by atoms with Crippen LogP contribution in [0.1, 0.15) is 60.3 Å². The molecule has 0 aromatic heterocycles. The molecule has 4 rings (SSSR count). The maximum atomic E-state index is 11.9. The van der Waals surface area contributed by atoms with Crippen LogP contribution in [0.2, 0.25) is 0 Å². The van der Waals surface area contributed by atoms with Gasteiger partial charge in [-0.05, 0) is 41.4 Å². The van der Waals surface area contributed by atoms with Gasteiger partial charge in [-0.25, -0.2) is 4.79 Å². The minimum absolute atomic E-state index is 0.0349. The molecule has 2 N–H and O–H groups in total. The van der Waals surface area contributed by atoms with Crippen LogP contribution in [0.5, 0.6) is 0 Å². The summed E-state index contributed by atoms with van der Waals surface area (Å²) in [6.45, 7) is 9.89. The van der Waals surface area contributed by atoms with E-state index in [9.17, 15) is 19.8 Å². The number of ether oxygens (including phenoxy) is 2. The van der Waals surface area contributed by atoms with E-state index >= 15 is 0 Å². The maximum absolute atomic E-state index is 11.9. The first kappa shape index (κ1) is 19.9. The monoisotopic (exact) mass is 392 g/mol. The second-order valence-corrected chi connectivity index (χ2v) is 10.4. The van der Waals surface area contributed by atoms with Gasteiger partial charge in [0.25, 0.3) is 0 Å². The van der Waals surface area contributed by atoms with Gasteiger partial charge in [0.05, 0.1) is 6.10 Å². The average molecular weight is 392 g/mol. The molecule has 1 aliphatic heterocycles. The van der Waals surface area contributed by atoms with Crippen LogP contribution in [0, 0.1) is 34.5 Å². The number of aliphatic hydroxyl groups is 2. The van der Waals surface area contributed by atoms with Crippen LogP contribution in [-0.4, -0.2) is 40.1 Å². The number of carbonyl (C=O) groups excluding carboxylic acids is 2. The van der Waals surface area contributed by atoms with E-state index in [1.54, 1.807) is 0 Å². The largest absolute Gasteiger partial charge is 0.459 e. The highest BCUT2D eigenvalue weighted by atomic mass is 16.7. The zero-order valence-corrected chi connectivity index (χ0v) is 17.4. The first-order valence-electron chi connectivity index (χ1n) is 10.4. The third kappa shape index (κ3) is 2.60. The highest BCUT2D eigenvalue weighted by Gasteiger charge is 2.68. The summed E-state index contributed by atoms with van der Waals surface area (Å²) in [4.78, 5) is 23.8. The Hall–Kier alpha value is -1.40. The van der Waals surface area contributed by atoms with Crippen molar-refractivity contribution in [2.24, 2.45) is 34.5 Å². The lowest BCUT2D eigenvalue weighted by atomic mass is 9.41. The Balaban J connectivity index is 1.84. The summed E-state index contributed by atoms with van der Waals surface area (Å²) in [5, 5.41) is 22.6. The van der Waals surface area contributed by atoms with Crippen LogP contribution in [0.3, 0.4) is 0 Å². The van der Waals surface area contributed by atoms with Crippen LogP contribution >= 0.6 is 0 Å². The van der Waals surface area contributed by atoms with E-state index in [0.717, 1.165) is 19.3 Å². The number of fused-ring (bicyclic) bond motifs is 4.